The van der Waals surface area contributed by atoms with Crippen LogP contribution in [0.1, 0.15) is 22.4 Å². The van der Waals surface area contributed by atoms with Gasteiger partial charge in [-0.3, -0.25) is 4.98 Å². The molecule has 0 fully saturated rings. The molecule has 178 valence electrons. The van der Waals surface area contributed by atoms with E-state index in [1.54, 1.807) is 11.3 Å². The molecule has 0 aliphatic heterocycles. The molecule has 0 saturated carbocycles. The normalized spacial score (nSPS) is 11.2. The molecule has 0 N–H and O–H groups in total. The number of ether oxygens (including phenoxy) is 1. The summed E-state index contributed by atoms with van der Waals surface area (Å²) in [5.41, 5.74) is 4.74. The van der Waals surface area contributed by atoms with Crippen molar-refractivity contribution in [2.45, 2.75) is 5.41 Å². The lowest BCUT2D eigenvalue weighted by Crippen LogP contribution is -2.32. The molecule has 6 aromatic rings. The molecule has 6 rings (SSSR count). The van der Waals surface area contributed by atoms with E-state index >= 15 is 0 Å². The highest BCUT2D eigenvalue weighted by atomic mass is 32.1. The van der Waals surface area contributed by atoms with Crippen molar-refractivity contribution < 1.29 is 4.74 Å². The minimum Gasteiger partial charge on any atom is -0.457 e. The van der Waals surface area contributed by atoms with Gasteiger partial charge in [-0.1, -0.05) is 91.0 Å². The number of nitrogens with zero attached hydrogens (tertiary/aromatic N) is 2. The van der Waals surface area contributed by atoms with Crippen LogP contribution < -0.4 is 4.74 Å². The van der Waals surface area contributed by atoms with E-state index in [9.17, 15) is 0 Å². The smallest absolute Gasteiger partial charge is 0.128 e. The van der Waals surface area contributed by atoms with Gasteiger partial charge in [-0.15, -0.1) is 11.3 Å². The van der Waals surface area contributed by atoms with Gasteiger partial charge in [-0.2, -0.15) is 0 Å². The molecule has 0 radical (unpaired) electrons. The summed E-state index contributed by atoms with van der Waals surface area (Å²) in [6.45, 7) is 0. The molecule has 3 nitrogen and oxygen atoms in total. The topological polar surface area (TPSA) is 35.0 Å². The zero-order valence-corrected chi connectivity index (χ0v) is 20.9. The Bertz CT molecular complexity index is 1490. The van der Waals surface area contributed by atoms with E-state index in [0.29, 0.717) is 0 Å². The number of rotatable bonds is 7. The van der Waals surface area contributed by atoms with Crippen LogP contribution in [0.15, 0.2) is 145 Å². The predicted molar refractivity (Wildman–Crippen MR) is 150 cm³/mol. The first kappa shape index (κ1) is 22.9. The van der Waals surface area contributed by atoms with Crippen LogP contribution in [0.5, 0.6) is 11.5 Å². The zero-order chi connectivity index (χ0) is 24.9. The van der Waals surface area contributed by atoms with Gasteiger partial charge < -0.3 is 4.74 Å². The Labute approximate surface area is 220 Å². The molecule has 2 heterocycles. The highest BCUT2D eigenvalue weighted by Gasteiger charge is 2.39. The summed E-state index contributed by atoms with van der Waals surface area (Å²) < 4.78 is 6.42. The minimum atomic E-state index is -0.619. The van der Waals surface area contributed by atoms with Gasteiger partial charge in [0.1, 0.15) is 16.5 Å². The summed E-state index contributed by atoms with van der Waals surface area (Å²) >= 11 is 1.62. The Morgan fingerprint density at radius 1 is 0.541 bits per heavy atom. The van der Waals surface area contributed by atoms with Gasteiger partial charge in [0.15, 0.2) is 0 Å². The average molecular weight is 497 g/mol. The maximum atomic E-state index is 6.42. The van der Waals surface area contributed by atoms with Crippen molar-refractivity contribution in [2.24, 2.45) is 0 Å². The summed E-state index contributed by atoms with van der Waals surface area (Å²) in [7, 11) is 0. The number of hydrogen-bond donors (Lipinski definition) is 0. The van der Waals surface area contributed by atoms with E-state index in [4.69, 9.17) is 9.72 Å². The lowest BCUT2D eigenvalue weighted by molar-refractivity contribution is 0.481. The third-order valence-corrected chi connectivity index (χ3v) is 7.30. The molecular weight excluding hydrogens is 472 g/mol. The first-order chi connectivity index (χ1) is 18.3. The van der Waals surface area contributed by atoms with Crippen LogP contribution in [0.2, 0.25) is 0 Å². The standard InChI is InChI=1S/C33H24N2OS/c1-3-12-26(13-4-1)33(27-14-5-2-6-15-27,31-19-7-8-20-34-31)28-16-10-18-30(24-28)36-29-17-9-11-25(23-29)32-35-21-22-37-32/h1-24H. The zero-order valence-electron chi connectivity index (χ0n) is 20.1. The average Bonchev–Trinajstić information content (AvgIpc) is 3.51. The molecule has 0 saturated heterocycles. The second-order valence-corrected chi connectivity index (χ2v) is 9.59. The summed E-state index contributed by atoms with van der Waals surface area (Å²) in [4.78, 5) is 9.33. The summed E-state index contributed by atoms with van der Waals surface area (Å²) in [6.07, 6.45) is 3.68. The van der Waals surface area contributed by atoms with Crippen LogP contribution in [-0.4, -0.2) is 9.97 Å². The lowest BCUT2D eigenvalue weighted by atomic mass is 9.67. The quantitative estimate of drug-likeness (QED) is 0.208. The first-order valence-corrected chi connectivity index (χ1v) is 13.0. The highest BCUT2D eigenvalue weighted by molar-refractivity contribution is 7.13. The van der Waals surface area contributed by atoms with E-state index in [-0.39, 0.29) is 0 Å². The molecule has 0 amide bonds. The predicted octanol–water partition coefficient (Wildman–Crippen LogP) is 8.38. The van der Waals surface area contributed by atoms with Crippen molar-refractivity contribution in [3.8, 4) is 22.1 Å². The second kappa shape index (κ2) is 10.2. The molecule has 0 atom stereocenters. The van der Waals surface area contributed by atoms with E-state index < -0.39 is 5.41 Å². The van der Waals surface area contributed by atoms with Crippen LogP contribution >= 0.6 is 11.3 Å². The number of aromatic nitrogens is 2. The van der Waals surface area contributed by atoms with E-state index in [1.807, 2.05) is 66.3 Å². The molecule has 2 aromatic heterocycles. The molecule has 37 heavy (non-hydrogen) atoms. The number of benzene rings is 4. The summed E-state index contributed by atoms with van der Waals surface area (Å²) in [5, 5.41) is 2.96. The lowest BCUT2D eigenvalue weighted by Gasteiger charge is -2.35. The van der Waals surface area contributed by atoms with Crippen molar-refractivity contribution in [2.75, 3.05) is 0 Å². The Kier molecular flexibility index (Phi) is 6.32. The molecule has 4 aromatic carbocycles. The third-order valence-electron chi connectivity index (χ3n) is 6.48. The van der Waals surface area contributed by atoms with Gasteiger partial charge in [-0.25, -0.2) is 4.98 Å². The van der Waals surface area contributed by atoms with Gasteiger partial charge >= 0.3 is 0 Å². The highest BCUT2D eigenvalue weighted by Crippen LogP contribution is 2.45. The fraction of sp³-hybridized carbons (Fsp3) is 0.0303. The van der Waals surface area contributed by atoms with Gasteiger partial charge in [0.05, 0.1) is 11.1 Å². The van der Waals surface area contributed by atoms with E-state index in [1.165, 1.54) is 0 Å². The van der Waals surface area contributed by atoms with Gasteiger partial charge in [0, 0.05) is 23.3 Å². The van der Waals surface area contributed by atoms with Crippen molar-refractivity contribution in [3.63, 3.8) is 0 Å². The Morgan fingerprint density at radius 2 is 1.19 bits per heavy atom. The maximum absolute atomic E-state index is 6.42. The van der Waals surface area contributed by atoms with Crippen molar-refractivity contribution in [3.05, 3.63) is 168 Å². The van der Waals surface area contributed by atoms with Crippen LogP contribution in [0, 0.1) is 0 Å². The van der Waals surface area contributed by atoms with Crippen molar-refractivity contribution in [1.82, 2.24) is 9.97 Å². The molecule has 4 heteroatoms. The number of pyridine rings is 1. The summed E-state index contributed by atoms with van der Waals surface area (Å²) in [6, 6.07) is 43.6. The monoisotopic (exact) mass is 496 g/mol. The maximum Gasteiger partial charge on any atom is 0.128 e. The SMILES string of the molecule is c1ccc(C(c2ccccc2)(c2cccc(Oc3cccc(-c4nccs4)c3)c2)c2ccccn2)cc1. The van der Waals surface area contributed by atoms with Crippen LogP contribution in [-0.2, 0) is 5.41 Å². The molecular formula is C33H24N2OS. The molecule has 0 aliphatic rings. The third kappa shape index (κ3) is 4.44. The van der Waals surface area contributed by atoms with Crippen molar-refractivity contribution in [1.29, 1.82) is 0 Å². The first-order valence-electron chi connectivity index (χ1n) is 12.1. The molecule has 0 bridgehead atoms. The Balaban J connectivity index is 1.50. The van der Waals surface area contributed by atoms with Crippen LogP contribution in [0.4, 0.5) is 0 Å². The fourth-order valence-corrected chi connectivity index (χ4v) is 5.53. The van der Waals surface area contributed by atoms with Crippen LogP contribution in [0.3, 0.4) is 0 Å². The van der Waals surface area contributed by atoms with Gasteiger partial charge in [0.2, 0.25) is 0 Å². The largest absolute Gasteiger partial charge is 0.457 e. The Morgan fingerprint density at radius 3 is 1.84 bits per heavy atom. The van der Waals surface area contributed by atoms with Gasteiger partial charge in [-0.05, 0) is 53.1 Å². The minimum absolute atomic E-state index is 0.619. The molecule has 0 spiro atoms. The van der Waals surface area contributed by atoms with Gasteiger partial charge in [0.25, 0.3) is 0 Å². The fourth-order valence-electron chi connectivity index (χ4n) is 4.89. The van der Waals surface area contributed by atoms with E-state index in [2.05, 4.69) is 83.8 Å². The second-order valence-electron chi connectivity index (χ2n) is 8.69. The summed E-state index contributed by atoms with van der Waals surface area (Å²) in [5.74, 6) is 1.54. The Hall–Kier alpha value is -4.54. The van der Waals surface area contributed by atoms with E-state index in [0.717, 1.165) is 44.5 Å². The number of hydrogen-bond acceptors (Lipinski definition) is 4. The van der Waals surface area contributed by atoms with Crippen LogP contribution in [0.25, 0.3) is 10.6 Å². The van der Waals surface area contributed by atoms with Crippen molar-refractivity contribution >= 4 is 11.3 Å². The molecule has 0 aliphatic carbocycles. The molecule has 0 unspecified atom stereocenters. The number of thiazole rings is 1.